The highest BCUT2D eigenvalue weighted by molar-refractivity contribution is 7.09. The van der Waals surface area contributed by atoms with E-state index < -0.39 is 0 Å². The topological polar surface area (TPSA) is 64.1 Å². The van der Waals surface area contributed by atoms with E-state index in [2.05, 4.69) is 22.8 Å². The lowest BCUT2D eigenvalue weighted by molar-refractivity contribution is -0.143. The first-order valence-electron chi connectivity index (χ1n) is 11.7. The Morgan fingerprint density at radius 2 is 1.97 bits per heavy atom. The second-order valence-electron chi connectivity index (χ2n) is 8.39. The lowest BCUT2D eigenvalue weighted by atomic mass is 9.91. The van der Waals surface area contributed by atoms with Crippen LogP contribution < -0.4 is 5.32 Å². The van der Waals surface area contributed by atoms with E-state index in [1.165, 1.54) is 12.0 Å². The van der Waals surface area contributed by atoms with Gasteiger partial charge in [0.25, 0.3) is 0 Å². The Morgan fingerprint density at radius 3 is 2.76 bits per heavy atom. The quantitative estimate of drug-likeness (QED) is 0.312. The predicted octanol–water partition coefficient (Wildman–Crippen LogP) is 6.43. The summed E-state index contributed by atoms with van der Waals surface area (Å²) in [6.45, 7) is 3.23. The van der Waals surface area contributed by atoms with Crippen LogP contribution in [-0.4, -0.2) is 29.1 Å². The predicted molar refractivity (Wildman–Crippen MR) is 142 cm³/mol. The van der Waals surface area contributed by atoms with Crippen molar-refractivity contribution in [3.8, 4) is 0 Å². The van der Waals surface area contributed by atoms with E-state index in [1.807, 2.05) is 31.2 Å². The molecule has 3 aromatic rings. The maximum Gasteiger partial charge on any atom is 0.306 e. The molecular formula is C26H31Cl2N3O2S. The van der Waals surface area contributed by atoms with Gasteiger partial charge in [0.05, 0.1) is 23.7 Å². The van der Waals surface area contributed by atoms with Gasteiger partial charge < -0.3 is 10.1 Å². The Hall–Kier alpha value is -2.15. The Kier molecular flexibility index (Phi) is 10.2. The third kappa shape index (κ3) is 7.42. The van der Waals surface area contributed by atoms with Gasteiger partial charge in [-0.1, -0.05) is 29.8 Å². The molecule has 0 fully saturated rings. The number of nitrogens with zero attached hydrogens (tertiary/aromatic N) is 2. The van der Waals surface area contributed by atoms with E-state index in [-0.39, 0.29) is 24.3 Å². The van der Waals surface area contributed by atoms with Crippen molar-refractivity contribution in [3.05, 3.63) is 74.3 Å². The molecule has 1 atom stereocenters. The van der Waals surface area contributed by atoms with Crippen molar-refractivity contribution in [3.63, 3.8) is 0 Å². The molecule has 1 aliphatic heterocycles. The minimum absolute atomic E-state index is 0. The van der Waals surface area contributed by atoms with E-state index in [0.717, 1.165) is 60.0 Å². The number of aromatic nitrogens is 2. The Labute approximate surface area is 216 Å². The van der Waals surface area contributed by atoms with Gasteiger partial charge in [-0.2, -0.15) is 0 Å². The standard InChI is InChI=1S/C26H30ClN3O2S.ClH/c1-2-32-25(31)16-20(18-8-11-21(27)12-9-18)15-23-17-33-24(29-23)7-3-6-22-13-10-19-5-4-14-28-26(19)30-22;/h8-13,17,20H,2-7,14-16H2,1H3,(H,28,30);1H. The molecule has 34 heavy (non-hydrogen) atoms. The summed E-state index contributed by atoms with van der Waals surface area (Å²) >= 11 is 7.75. The molecule has 3 heterocycles. The SMILES string of the molecule is CCOC(=O)CC(Cc1csc(CCCc2ccc3c(n2)NCCC3)n1)c1ccc(Cl)cc1.Cl. The fraction of sp³-hybridized carbons (Fsp3) is 0.423. The van der Waals surface area contributed by atoms with Crippen LogP contribution >= 0.6 is 35.3 Å². The summed E-state index contributed by atoms with van der Waals surface area (Å²) < 4.78 is 5.20. The molecule has 2 aromatic heterocycles. The lowest BCUT2D eigenvalue weighted by Crippen LogP contribution is -2.14. The van der Waals surface area contributed by atoms with Gasteiger partial charge in [-0.05, 0) is 80.7 Å². The first-order chi connectivity index (χ1) is 16.1. The number of ether oxygens (including phenoxy) is 1. The van der Waals surface area contributed by atoms with Crippen molar-refractivity contribution in [2.75, 3.05) is 18.5 Å². The number of benzene rings is 1. The van der Waals surface area contributed by atoms with Gasteiger partial charge in [0.1, 0.15) is 5.82 Å². The van der Waals surface area contributed by atoms with E-state index in [0.29, 0.717) is 24.5 Å². The molecule has 1 aromatic carbocycles. The molecule has 1 N–H and O–H groups in total. The third-order valence-corrected chi connectivity index (χ3v) is 7.10. The Balaban J connectivity index is 0.00000324. The van der Waals surface area contributed by atoms with Gasteiger partial charge >= 0.3 is 5.97 Å². The fourth-order valence-electron chi connectivity index (χ4n) is 4.20. The van der Waals surface area contributed by atoms with Crippen LogP contribution in [0, 0.1) is 0 Å². The number of halogens is 2. The molecule has 182 valence electrons. The van der Waals surface area contributed by atoms with Crippen molar-refractivity contribution in [2.45, 2.75) is 57.8 Å². The molecule has 0 aliphatic carbocycles. The van der Waals surface area contributed by atoms with Gasteiger partial charge in [-0.15, -0.1) is 23.7 Å². The number of aryl methyl sites for hydroxylation is 3. The minimum atomic E-state index is -0.181. The largest absolute Gasteiger partial charge is 0.466 e. The van der Waals surface area contributed by atoms with Crippen LogP contribution in [0.4, 0.5) is 5.82 Å². The summed E-state index contributed by atoms with van der Waals surface area (Å²) in [5, 5.41) is 7.34. The molecule has 0 bridgehead atoms. The van der Waals surface area contributed by atoms with Crippen LogP contribution in [0.5, 0.6) is 0 Å². The number of anilines is 1. The maximum absolute atomic E-state index is 12.2. The number of pyridine rings is 1. The molecule has 8 heteroatoms. The van der Waals surface area contributed by atoms with Gasteiger partial charge in [-0.3, -0.25) is 4.79 Å². The normalized spacial score (nSPS) is 13.4. The fourth-order valence-corrected chi connectivity index (χ4v) is 5.18. The van der Waals surface area contributed by atoms with Crippen LogP contribution in [0.15, 0.2) is 41.8 Å². The number of fused-ring (bicyclic) bond motifs is 1. The average molecular weight is 521 g/mol. The van der Waals surface area contributed by atoms with Crippen molar-refractivity contribution in [1.29, 1.82) is 0 Å². The summed E-state index contributed by atoms with van der Waals surface area (Å²) in [4.78, 5) is 21.8. The number of nitrogens with one attached hydrogen (secondary N) is 1. The summed E-state index contributed by atoms with van der Waals surface area (Å²) in [6.07, 6.45) is 6.22. The lowest BCUT2D eigenvalue weighted by Gasteiger charge is -2.17. The second kappa shape index (κ2) is 13.1. The summed E-state index contributed by atoms with van der Waals surface area (Å²) in [5.74, 6) is 0.897. The smallest absolute Gasteiger partial charge is 0.306 e. The van der Waals surface area contributed by atoms with Crippen molar-refractivity contribution >= 4 is 47.1 Å². The van der Waals surface area contributed by atoms with E-state index in [9.17, 15) is 4.79 Å². The zero-order valence-electron chi connectivity index (χ0n) is 19.4. The number of hydrogen-bond acceptors (Lipinski definition) is 6. The minimum Gasteiger partial charge on any atom is -0.466 e. The Bertz CT molecular complexity index is 1070. The number of esters is 1. The van der Waals surface area contributed by atoms with Gasteiger partial charge in [0.15, 0.2) is 0 Å². The van der Waals surface area contributed by atoms with Gasteiger partial charge in [0.2, 0.25) is 0 Å². The van der Waals surface area contributed by atoms with Crippen LogP contribution in [0.2, 0.25) is 5.02 Å². The summed E-state index contributed by atoms with van der Waals surface area (Å²) in [7, 11) is 0. The van der Waals surface area contributed by atoms with Crippen molar-refractivity contribution < 1.29 is 9.53 Å². The van der Waals surface area contributed by atoms with Crippen LogP contribution in [0.3, 0.4) is 0 Å². The number of rotatable bonds is 10. The highest BCUT2D eigenvalue weighted by atomic mass is 35.5. The summed E-state index contributed by atoms with van der Waals surface area (Å²) in [6, 6.07) is 12.1. The molecule has 0 spiro atoms. The monoisotopic (exact) mass is 519 g/mol. The maximum atomic E-state index is 12.2. The molecule has 0 saturated heterocycles. The zero-order chi connectivity index (χ0) is 23.0. The van der Waals surface area contributed by atoms with Crippen molar-refractivity contribution in [2.24, 2.45) is 0 Å². The number of carbonyl (C=O) groups is 1. The van der Waals surface area contributed by atoms with E-state index in [1.54, 1.807) is 11.3 Å². The van der Waals surface area contributed by atoms with Crippen molar-refractivity contribution in [1.82, 2.24) is 9.97 Å². The number of hydrogen-bond donors (Lipinski definition) is 1. The molecule has 4 rings (SSSR count). The van der Waals surface area contributed by atoms with E-state index in [4.69, 9.17) is 26.3 Å². The Morgan fingerprint density at radius 1 is 1.15 bits per heavy atom. The van der Waals surface area contributed by atoms with Crippen LogP contribution in [0.25, 0.3) is 0 Å². The van der Waals surface area contributed by atoms with Gasteiger partial charge in [-0.25, -0.2) is 9.97 Å². The molecule has 0 amide bonds. The third-order valence-electron chi connectivity index (χ3n) is 5.89. The van der Waals surface area contributed by atoms with Gasteiger partial charge in [0, 0.05) is 22.6 Å². The second-order valence-corrected chi connectivity index (χ2v) is 9.77. The van der Waals surface area contributed by atoms with Crippen LogP contribution in [-0.2, 0) is 35.2 Å². The van der Waals surface area contributed by atoms with Crippen LogP contribution in [0.1, 0.15) is 59.6 Å². The molecule has 0 radical (unpaired) electrons. The number of carbonyl (C=O) groups excluding carboxylic acids is 1. The molecule has 5 nitrogen and oxygen atoms in total. The van der Waals surface area contributed by atoms with E-state index >= 15 is 0 Å². The number of thiazole rings is 1. The molecule has 1 unspecified atom stereocenters. The molecular weight excluding hydrogens is 489 g/mol. The summed E-state index contributed by atoms with van der Waals surface area (Å²) in [5.41, 5.74) is 4.56. The average Bonchev–Trinajstić information content (AvgIpc) is 3.26. The molecule has 0 saturated carbocycles. The zero-order valence-corrected chi connectivity index (χ0v) is 21.8. The highest BCUT2D eigenvalue weighted by Crippen LogP contribution is 2.27. The molecule has 1 aliphatic rings. The first kappa shape index (κ1) is 26.5. The first-order valence-corrected chi connectivity index (χ1v) is 12.9. The highest BCUT2D eigenvalue weighted by Gasteiger charge is 2.19.